The predicted molar refractivity (Wildman–Crippen MR) is 96.4 cm³/mol. The first kappa shape index (κ1) is 18.8. The zero-order valence-electron chi connectivity index (χ0n) is 15.0. The molecule has 0 bridgehead atoms. The summed E-state index contributed by atoms with van der Waals surface area (Å²) in [5, 5.41) is 12.2. The highest BCUT2D eigenvalue weighted by Crippen LogP contribution is 2.40. The Morgan fingerprint density at radius 3 is 2.54 bits per heavy atom. The van der Waals surface area contributed by atoms with E-state index in [0.717, 1.165) is 44.2 Å². The molecule has 1 aromatic carbocycles. The van der Waals surface area contributed by atoms with Crippen LogP contribution in [0.1, 0.15) is 44.1 Å². The molecule has 142 valence electrons. The fraction of sp³-hybridized carbons (Fsp3) is 0.600. The summed E-state index contributed by atoms with van der Waals surface area (Å²) in [7, 11) is 0. The monoisotopic (exact) mass is 362 g/mol. The largest absolute Gasteiger partial charge is 0.481 e. The van der Waals surface area contributed by atoms with Crippen LogP contribution in [0.15, 0.2) is 24.3 Å². The maximum absolute atomic E-state index is 13.2. The van der Waals surface area contributed by atoms with Gasteiger partial charge in [0.2, 0.25) is 5.91 Å². The number of hydrogen-bond donors (Lipinski definition) is 2. The van der Waals surface area contributed by atoms with Crippen LogP contribution in [0.2, 0.25) is 0 Å². The van der Waals surface area contributed by atoms with Crippen LogP contribution in [-0.2, 0) is 15.0 Å². The van der Waals surface area contributed by atoms with E-state index in [2.05, 4.69) is 5.32 Å². The molecule has 1 amide bonds. The van der Waals surface area contributed by atoms with E-state index >= 15 is 0 Å². The van der Waals surface area contributed by atoms with E-state index in [1.165, 1.54) is 12.1 Å². The quantitative estimate of drug-likeness (QED) is 0.816. The predicted octanol–water partition coefficient (Wildman–Crippen LogP) is 2.55. The van der Waals surface area contributed by atoms with Gasteiger partial charge in [0.1, 0.15) is 5.82 Å². The summed E-state index contributed by atoms with van der Waals surface area (Å²) in [4.78, 5) is 25.5. The Balaban J connectivity index is 1.57. The van der Waals surface area contributed by atoms with E-state index in [0.29, 0.717) is 19.5 Å². The smallest absolute Gasteiger partial charge is 0.307 e. The lowest BCUT2D eigenvalue weighted by molar-refractivity contribution is -0.144. The molecule has 1 unspecified atom stereocenters. The summed E-state index contributed by atoms with van der Waals surface area (Å²) in [5.74, 6) is -1.47. The van der Waals surface area contributed by atoms with Crippen molar-refractivity contribution in [2.75, 3.05) is 26.2 Å². The summed E-state index contributed by atoms with van der Waals surface area (Å²) in [6.07, 6.45) is 5.69. The lowest BCUT2D eigenvalue weighted by Crippen LogP contribution is -2.46. The Bertz CT molecular complexity index is 641. The Morgan fingerprint density at radius 2 is 1.88 bits per heavy atom. The average molecular weight is 362 g/mol. The van der Waals surface area contributed by atoms with Crippen LogP contribution in [-0.4, -0.2) is 48.1 Å². The van der Waals surface area contributed by atoms with E-state index in [4.69, 9.17) is 5.11 Å². The molecule has 26 heavy (non-hydrogen) atoms. The second kappa shape index (κ2) is 8.16. The van der Waals surface area contributed by atoms with Gasteiger partial charge >= 0.3 is 5.97 Å². The lowest BCUT2D eigenvalue weighted by Gasteiger charge is -2.32. The van der Waals surface area contributed by atoms with Crippen molar-refractivity contribution in [3.05, 3.63) is 35.6 Å². The number of carbonyl (C=O) groups is 2. The molecular formula is C20H27FN2O3. The van der Waals surface area contributed by atoms with Crippen LogP contribution >= 0.6 is 0 Å². The third-order valence-corrected chi connectivity index (χ3v) is 5.86. The molecule has 0 radical (unpaired) electrons. The molecule has 5 nitrogen and oxygen atoms in total. The van der Waals surface area contributed by atoms with Crippen molar-refractivity contribution >= 4 is 11.9 Å². The van der Waals surface area contributed by atoms with Crippen LogP contribution in [0.5, 0.6) is 0 Å². The Labute approximate surface area is 153 Å². The number of nitrogens with one attached hydrogen (secondary N) is 1. The number of piperidine rings is 1. The first-order valence-electron chi connectivity index (χ1n) is 9.46. The Morgan fingerprint density at radius 1 is 1.19 bits per heavy atom. The van der Waals surface area contributed by atoms with Gasteiger partial charge in [-0.3, -0.25) is 14.5 Å². The average Bonchev–Trinajstić information content (AvgIpc) is 3.11. The van der Waals surface area contributed by atoms with Gasteiger partial charge in [0.15, 0.2) is 0 Å². The number of carboxylic acid groups (broad SMARTS) is 1. The molecule has 1 aliphatic carbocycles. The third kappa shape index (κ3) is 4.41. The molecule has 2 fully saturated rings. The highest BCUT2D eigenvalue weighted by Gasteiger charge is 2.36. The summed E-state index contributed by atoms with van der Waals surface area (Å²) in [6, 6.07) is 6.62. The molecule has 3 rings (SSSR count). The molecule has 1 aromatic rings. The molecule has 1 saturated heterocycles. The Hall–Kier alpha value is -1.95. The van der Waals surface area contributed by atoms with Gasteiger partial charge in [0.05, 0.1) is 12.5 Å². The zero-order chi connectivity index (χ0) is 18.6. The molecule has 1 atom stereocenters. The van der Waals surface area contributed by atoms with Crippen LogP contribution in [0.3, 0.4) is 0 Å². The van der Waals surface area contributed by atoms with Gasteiger partial charge in [-0.15, -0.1) is 0 Å². The number of rotatable bonds is 6. The lowest BCUT2D eigenvalue weighted by atomic mass is 9.79. The van der Waals surface area contributed by atoms with Gasteiger partial charge in [0.25, 0.3) is 0 Å². The molecule has 2 N–H and O–H groups in total. The zero-order valence-corrected chi connectivity index (χ0v) is 15.0. The van der Waals surface area contributed by atoms with Crippen molar-refractivity contribution in [1.82, 2.24) is 10.2 Å². The highest BCUT2D eigenvalue weighted by atomic mass is 19.1. The fourth-order valence-corrected chi connectivity index (χ4v) is 4.35. The standard InChI is InChI=1S/C20H27FN2O3/c21-17-7-5-16(6-8-17)20(9-1-2-10-20)14-22-18(24)13-23-11-3-4-15(12-23)19(25)26/h5-8,15H,1-4,9-14H2,(H,22,24)(H,25,26). The molecule has 6 heteroatoms. The van der Waals surface area contributed by atoms with Gasteiger partial charge in [-0.1, -0.05) is 25.0 Å². The van der Waals surface area contributed by atoms with Crippen molar-refractivity contribution < 1.29 is 19.1 Å². The van der Waals surface area contributed by atoms with Crippen molar-refractivity contribution in [1.29, 1.82) is 0 Å². The summed E-state index contributed by atoms with van der Waals surface area (Å²) < 4.78 is 13.2. The minimum absolute atomic E-state index is 0.0653. The van der Waals surface area contributed by atoms with Crippen molar-refractivity contribution in [3.8, 4) is 0 Å². The molecular weight excluding hydrogens is 335 g/mol. The normalized spacial score (nSPS) is 22.9. The molecule has 0 spiro atoms. The molecule has 1 aliphatic heterocycles. The first-order chi connectivity index (χ1) is 12.5. The van der Waals surface area contributed by atoms with Crippen molar-refractivity contribution in [3.63, 3.8) is 0 Å². The SMILES string of the molecule is O=C(CN1CCCC(C(=O)O)C1)NCC1(c2ccc(F)cc2)CCCC1. The number of benzene rings is 1. The van der Waals surface area contributed by atoms with E-state index in [-0.39, 0.29) is 29.6 Å². The van der Waals surface area contributed by atoms with Crippen LogP contribution in [0.25, 0.3) is 0 Å². The van der Waals surface area contributed by atoms with Crippen LogP contribution in [0.4, 0.5) is 4.39 Å². The number of amides is 1. The summed E-state index contributed by atoms with van der Waals surface area (Å²) in [6.45, 7) is 1.99. The molecule has 1 saturated carbocycles. The van der Waals surface area contributed by atoms with E-state index < -0.39 is 5.97 Å². The fourth-order valence-electron chi connectivity index (χ4n) is 4.35. The number of likely N-dealkylation sites (tertiary alicyclic amines) is 1. The van der Waals surface area contributed by atoms with E-state index in [1.807, 2.05) is 17.0 Å². The summed E-state index contributed by atoms with van der Waals surface area (Å²) in [5.41, 5.74) is 0.968. The topological polar surface area (TPSA) is 69.6 Å². The maximum atomic E-state index is 13.2. The minimum Gasteiger partial charge on any atom is -0.481 e. The molecule has 2 aliphatic rings. The van der Waals surface area contributed by atoms with Gasteiger partial charge in [0, 0.05) is 18.5 Å². The number of halogens is 1. The van der Waals surface area contributed by atoms with Crippen LogP contribution in [0, 0.1) is 11.7 Å². The third-order valence-electron chi connectivity index (χ3n) is 5.86. The van der Waals surface area contributed by atoms with E-state index in [1.54, 1.807) is 0 Å². The highest BCUT2D eigenvalue weighted by molar-refractivity contribution is 5.78. The van der Waals surface area contributed by atoms with Gasteiger partial charge in [-0.2, -0.15) is 0 Å². The molecule has 1 heterocycles. The van der Waals surface area contributed by atoms with Gasteiger partial charge in [-0.05, 0) is 49.9 Å². The number of nitrogens with zero attached hydrogens (tertiary/aromatic N) is 1. The second-order valence-corrected chi connectivity index (χ2v) is 7.68. The van der Waals surface area contributed by atoms with E-state index in [9.17, 15) is 14.0 Å². The second-order valence-electron chi connectivity index (χ2n) is 7.68. The summed E-state index contributed by atoms with van der Waals surface area (Å²) >= 11 is 0. The number of hydrogen-bond acceptors (Lipinski definition) is 3. The van der Waals surface area contributed by atoms with Crippen molar-refractivity contribution in [2.45, 2.75) is 43.9 Å². The maximum Gasteiger partial charge on any atom is 0.307 e. The Kier molecular flexibility index (Phi) is 5.91. The minimum atomic E-state index is -0.781. The van der Waals surface area contributed by atoms with Crippen molar-refractivity contribution in [2.24, 2.45) is 5.92 Å². The number of aliphatic carboxylic acids is 1. The van der Waals surface area contributed by atoms with Gasteiger partial charge in [-0.25, -0.2) is 4.39 Å². The molecule has 0 aromatic heterocycles. The van der Waals surface area contributed by atoms with Gasteiger partial charge < -0.3 is 10.4 Å². The first-order valence-corrected chi connectivity index (χ1v) is 9.46. The van der Waals surface area contributed by atoms with Crippen LogP contribution < -0.4 is 5.32 Å². The number of carbonyl (C=O) groups excluding carboxylic acids is 1. The number of carboxylic acids is 1.